The molecule has 0 amide bonds. The van der Waals surface area contributed by atoms with Gasteiger partial charge in [-0.25, -0.2) is 4.68 Å². The molecule has 3 rings (SSSR count). The molecule has 23 heavy (non-hydrogen) atoms. The van der Waals surface area contributed by atoms with Gasteiger partial charge in [0.05, 0.1) is 19.7 Å². The van der Waals surface area contributed by atoms with E-state index < -0.39 is 0 Å². The normalized spacial score (nSPS) is 30.0. The van der Waals surface area contributed by atoms with Crippen LogP contribution in [-0.2, 0) is 11.3 Å². The third-order valence-corrected chi connectivity index (χ3v) is 5.22. The Morgan fingerprint density at radius 3 is 2.70 bits per heavy atom. The van der Waals surface area contributed by atoms with Crippen LogP contribution in [0.2, 0.25) is 0 Å². The molecule has 0 aliphatic carbocycles. The highest BCUT2D eigenvalue weighted by Crippen LogP contribution is 2.19. The summed E-state index contributed by atoms with van der Waals surface area (Å²) in [5.41, 5.74) is 0. The van der Waals surface area contributed by atoms with E-state index in [2.05, 4.69) is 36.4 Å². The van der Waals surface area contributed by atoms with E-state index in [9.17, 15) is 0 Å². The standard InChI is InChI=1S/C16H30N6O/c1-13(2)11-15(21-8-6-20(3)7-9-21)16-17-18-19-22(16)12-14-5-4-10-23-14/h13-15H,4-12H2,1-3H3/p+2/t14-,15-/m1/s1. The van der Waals surface area contributed by atoms with Crippen LogP contribution < -0.4 is 9.80 Å². The molecule has 2 N–H and O–H groups in total. The molecule has 0 saturated carbocycles. The molecular weight excluding hydrogens is 292 g/mol. The van der Waals surface area contributed by atoms with Gasteiger partial charge in [-0.15, -0.1) is 5.10 Å². The summed E-state index contributed by atoms with van der Waals surface area (Å²) in [5, 5.41) is 12.7. The number of hydrogen-bond acceptors (Lipinski definition) is 4. The Labute approximate surface area is 139 Å². The highest BCUT2D eigenvalue weighted by molar-refractivity contribution is 4.89. The molecule has 1 aromatic rings. The zero-order valence-corrected chi connectivity index (χ0v) is 14.8. The predicted molar refractivity (Wildman–Crippen MR) is 86.3 cm³/mol. The summed E-state index contributed by atoms with van der Waals surface area (Å²) in [7, 11) is 2.29. The fraction of sp³-hybridized carbons (Fsp3) is 0.938. The average molecular weight is 324 g/mol. The summed E-state index contributed by atoms with van der Waals surface area (Å²) < 4.78 is 7.79. The van der Waals surface area contributed by atoms with Crippen LogP contribution in [0.15, 0.2) is 0 Å². The second-order valence-electron chi connectivity index (χ2n) is 7.65. The van der Waals surface area contributed by atoms with Crippen molar-refractivity contribution < 1.29 is 14.5 Å². The van der Waals surface area contributed by atoms with Crippen molar-refractivity contribution in [3.63, 3.8) is 0 Å². The molecule has 2 aliphatic rings. The van der Waals surface area contributed by atoms with Crippen molar-refractivity contribution in [3.05, 3.63) is 5.82 Å². The highest BCUT2D eigenvalue weighted by atomic mass is 16.5. The van der Waals surface area contributed by atoms with Gasteiger partial charge in [-0.3, -0.25) is 0 Å². The van der Waals surface area contributed by atoms with Gasteiger partial charge in [0.15, 0.2) is 6.04 Å². The minimum Gasteiger partial charge on any atom is -0.376 e. The summed E-state index contributed by atoms with van der Waals surface area (Å²) in [6, 6.07) is 0.402. The first-order valence-corrected chi connectivity index (χ1v) is 9.17. The van der Waals surface area contributed by atoms with Gasteiger partial charge in [0, 0.05) is 13.0 Å². The predicted octanol–water partition coefficient (Wildman–Crippen LogP) is -1.65. The fourth-order valence-electron chi connectivity index (χ4n) is 3.84. The Bertz CT molecular complexity index is 477. The molecule has 0 aromatic carbocycles. The van der Waals surface area contributed by atoms with E-state index in [1.807, 2.05) is 4.68 Å². The van der Waals surface area contributed by atoms with E-state index in [1.165, 1.54) is 26.2 Å². The summed E-state index contributed by atoms with van der Waals surface area (Å²) in [5.74, 6) is 1.70. The van der Waals surface area contributed by atoms with Crippen molar-refractivity contribution >= 4 is 0 Å². The lowest BCUT2D eigenvalue weighted by Gasteiger charge is -2.33. The minimum absolute atomic E-state index is 0.281. The first kappa shape index (κ1) is 16.8. The van der Waals surface area contributed by atoms with E-state index >= 15 is 0 Å². The van der Waals surface area contributed by atoms with Gasteiger partial charge in [-0.1, -0.05) is 13.8 Å². The number of rotatable bonds is 6. The molecule has 130 valence electrons. The first-order chi connectivity index (χ1) is 11.1. The molecule has 3 heterocycles. The molecule has 0 bridgehead atoms. The van der Waals surface area contributed by atoms with Gasteiger partial charge in [0.2, 0.25) is 5.82 Å². The third-order valence-electron chi connectivity index (χ3n) is 5.22. The SMILES string of the molecule is CC(C)C[C@H](c1nnnn1C[C@H]1CCCO1)[NH+]1CC[NH+](C)CC1. The summed E-state index contributed by atoms with van der Waals surface area (Å²) in [6.07, 6.45) is 3.70. The van der Waals surface area contributed by atoms with Gasteiger partial charge in [-0.2, -0.15) is 0 Å². The molecule has 7 heteroatoms. The number of ether oxygens (including phenoxy) is 1. The zero-order valence-electron chi connectivity index (χ0n) is 14.8. The third kappa shape index (κ3) is 4.28. The van der Waals surface area contributed by atoms with E-state index in [-0.39, 0.29) is 6.10 Å². The highest BCUT2D eigenvalue weighted by Gasteiger charge is 2.34. The second kappa shape index (κ2) is 7.68. The van der Waals surface area contributed by atoms with Crippen LogP contribution >= 0.6 is 0 Å². The smallest absolute Gasteiger partial charge is 0.209 e. The van der Waals surface area contributed by atoms with Gasteiger partial charge in [-0.05, 0) is 29.2 Å². The molecule has 7 nitrogen and oxygen atoms in total. The van der Waals surface area contributed by atoms with E-state index in [0.29, 0.717) is 12.0 Å². The molecule has 2 aliphatic heterocycles. The lowest BCUT2D eigenvalue weighted by molar-refractivity contribution is -1.02. The van der Waals surface area contributed by atoms with E-state index in [0.717, 1.165) is 38.2 Å². The average Bonchev–Trinajstić information content (AvgIpc) is 3.18. The van der Waals surface area contributed by atoms with Crippen molar-refractivity contribution in [2.75, 3.05) is 39.8 Å². The maximum absolute atomic E-state index is 5.78. The van der Waals surface area contributed by atoms with Crippen LogP contribution in [0.1, 0.15) is 45.0 Å². The van der Waals surface area contributed by atoms with Gasteiger partial charge in [0.1, 0.15) is 26.2 Å². The van der Waals surface area contributed by atoms with Crippen LogP contribution in [0.5, 0.6) is 0 Å². The molecular formula is C16H32N6O+2. The summed E-state index contributed by atoms with van der Waals surface area (Å²) >= 11 is 0. The van der Waals surface area contributed by atoms with Crippen molar-refractivity contribution in [2.45, 2.75) is 51.8 Å². The molecule has 2 fully saturated rings. The largest absolute Gasteiger partial charge is 0.376 e. The maximum Gasteiger partial charge on any atom is 0.209 e. The van der Waals surface area contributed by atoms with Crippen LogP contribution in [-0.4, -0.2) is 66.1 Å². The molecule has 2 atom stereocenters. The number of hydrogen-bond donors (Lipinski definition) is 2. The van der Waals surface area contributed by atoms with E-state index in [1.54, 1.807) is 9.80 Å². The fourth-order valence-corrected chi connectivity index (χ4v) is 3.84. The van der Waals surface area contributed by atoms with Crippen LogP contribution in [0.25, 0.3) is 0 Å². The van der Waals surface area contributed by atoms with Gasteiger partial charge >= 0.3 is 0 Å². The molecule has 0 radical (unpaired) electrons. The monoisotopic (exact) mass is 324 g/mol. The molecule has 2 saturated heterocycles. The van der Waals surface area contributed by atoms with Crippen molar-refractivity contribution in [1.29, 1.82) is 0 Å². The van der Waals surface area contributed by atoms with Crippen molar-refractivity contribution in [2.24, 2.45) is 5.92 Å². The Balaban J connectivity index is 1.75. The minimum atomic E-state index is 0.281. The number of nitrogens with zero attached hydrogens (tertiary/aromatic N) is 4. The zero-order chi connectivity index (χ0) is 16.2. The second-order valence-corrected chi connectivity index (χ2v) is 7.65. The number of piperazine rings is 1. The molecule has 0 unspecified atom stereocenters. The Morgan fingerprint density at radius 2 is 2.04 bits per heavy atom. The van der Waals surface area contributed by atoms with Crippen molar-refractivity contribution in [1.82, 2.24) is 20.2 Å². The first-order valence-electron chi connectivity index (χ1n) is 9.17. The number of likely N-dealkylation sites (N-methyl/N-ethyl adjacent to an activating group) is 1. The molecule has 1 aromatic heterocycles. The summed E-state index contributed by atoms with van der Waals surface area (Å²) in [4.78, 5) is 3.28. The number of nitrogens with one attached hydrogen (secondary N) is 2. The van der Waals surface area contributed by atoms with Crippen LogP contribution in [0.4, 0.5) is 0 Å². The Hall–Kier alpha value is -1.05. The van der Waals surface area contributed by atoms with Crippen molar-refractivity contribution in [3.8, 4) is 0 Å². The molecule has 0 spiro atoms. The van der Waals surface area contributed by atoms with Crippen LogP contribution in [0.3, 0.4) is 0 Å². The maximum atomic E-state index is 5.78. The number of quaternary nitrogens is 2. The lowest BCUT2D eigenvalue weighted by Crippen LogP contribution is -3.27. The Kier molecular flexibility index (Phi) is 5.61. The number of aromatic nitrogens is 4. The van der Waals surface area contributed by atoms with E-state index in [4.69, 9.17) is 4.74 Å². The topological polar surface area (TPSA) is 61.7 Å². The van der Waals surface area contributed by atoms with Crippen LogP contribution in [0, 0.1) is 5.92 Å². The quantitative estimate of drug-likeness (QED) is 0.658. The summed E-state index contributed by atoms with van der Waals surface area (Å²) in [6.45, 7) is 11.1. The van der Waals surface area contributed by atoms with Gasteiger partial charge < -0.3 is 14.5 Å². The Morgan fingerprint density at radius 1 is 1.26 bits per heavy atom. The lowest BCUT2D eigenvalue weighted by atomic mass is 10.0. The van der Waals surface area contributed by atoms with Gasteiger partial charge in [0.25, 0.3) is 0 Å². The number of tetrazole rings is 1.